The number of benzene rings is 3. The second kappa shape index (κ2) is 16.8. The highest BCUT2D eigenvalue weighted by molar-refractivity contribution is 8.17. The Balaban J connectivity index is 1.86. The molecule has 0 saturated carbocycles. The van der Waals surface area contributed by atoms with E-state index in [1.54, 1.807) is 0 Å². The highest BCUT2D eigenvalue weighted by atomic mass is 32.2. The molecule has 0 amide bonds. The summed E-state index contributed by atoms with van der Waals surface area (Å²) in [6.45, 7) is 5.46. The molecule has 0 saturated heterocycles. The lowest BCUT2D eigenvalue weighted by Crippen LogP contribution is -2.48. The topological polar surface area (TPSA) is 47.9 Å². The minimum Gasteiger partial charge on any atom is -0.394 e. The van der Waals surface area contributed by atoms with E-state index in [1.165, 1.54) is 0 Å². The van der Waals surface area contributed by atoms with E-state index in [0.717, 1.165) is 28.2 Å². The Kier molecular flexibility index (Phi) is 13.5. The molecule has 1 N–H and O–H groups in total. The van der Waals surface area contributed by atoms with Crippen LogP contribution in [0.2, 0.25) is 0 Å². The van der Waals surface area contributed by atoms with Crippen molar-refractivity contribution in [2.24, 2.45) is 0 Å². The van der Waals surface area contributed by atoms with Crippen molar-refractivity contribution in [2.45, 2.75) is 56.6 Å². The molecule has 3 aromatic carbocycles. The molecular weight excluding hydrogens is 488 g/mol. The monoisotopic (exact) mass is 526 g/mol. The summed E-state index contributed by atoms with van der Waals surface area (Å²) in [5.41, 5.74) is 3.24. The highest BCUT2D eigenvalue weighted by Gasteiger charge is 2.37. The molecule has 0 aliphatic heterocycles. The van der Waals surface area contributed by atoms with E-state index in [1.807, 2.05) is 90.3 Å². The lowest BCUT2D eigenvalue weighted by molar-refractivity contribution is -0.157. The first-order chi connectivity index (χ1) is 17.7. The minimum atomic E-state index is -0.535. The maximum Gasteiger partial charge on any atom is 0.114 e. The molecule has 0 spiro atoms. The Labute approximate surface area is 224 Å². The lowest BCUT2D eigenvalue weighted by atomic mass is 10.1. The van der Waals surface area contributed by atoms with E-state index >= 15 is 0 Å². The summed E-state index contributed by atoms with van der Waals surface area (Å²) >= 11 is 3.71. The molecule has 0 aliphatic carbocycles. The largest absolute Gasteiger partial charge is 0.394 e. The van der Waals surface area contributed by atoms with Crippen LogP contribution >= 0.6 is 23.5 Å². The average molecular weight is 527 g/mol. The minimum absolute atomic E-state index is 0.138. The van der Waals surface area contributed by atoms with Crippen molar-refractivity contribution < 1.29 is 19.3 Å². The second-order valence-electron chi connectivity index (χ2n) is 8.32. The van der Waals surface area contributed by atoms with Gasteiger partial charge in [-0.1, -0.05) is 105 Å². The van der Waals surface area contributed by atoms with Gasteiger partial charge in [0.05, 0.1) is 31.0 Å². The van der Waals surface area contributed by atoms with Gasteiger partial charge in [-0.15, -0.1) is 23.5 Å². The van der Waals surface area contributed by atoms with E-state index in [0.29, 0.717) is 19.8 Å². The van der Waals surface area contributed by atoms with E-state index in [4.69, 9.17) is 14.2 Å². The van der Waals surface area contributed by atoms with E-state index < -0.39 is 12.2 Å². The summed E-state index contributed by atoms with van der Waals surface area (Å²) in [6, 6.07) is 30.3. The molecule has 0 aromatic heterocycles. The predicted molar refractivity (Wildman–Crippen MR) is 152 cm³/mol. The SMILES string of the molecule is CCSC(SCC)C(OCc1ccccc1)C(OCc1ccccc1)C(CO)OCc1ccccc1. The van der Waals surface area contributed by atoms with Gasteiger partial charge in [-0.25, -0.2) is 0 Å². The summed E-state index contributed by atoms with van der Waals surface area (Å²) in [4.78, 5) is 0. The van der Waals surface area contributed by atoms with Gasteiger partial charge >= 0.3 is 0 Å². The van der Waals surface area contributed by atoms with Crippen molar-refractivity contribution in [1.82, 2.24) is 0 Å². The molecule has 0 bridgehead atoms. The third kappa shape index (κ3) is 9.58. The van der Waals surface area contributed by atoms with Crippen LogP contribution in [-0.4, -0.2) is 46.1 Å². The maximum absolute atomic E-state index is 10.5. The fraction of sp³-hybridized carbons (Fsp3) is 0.400. The number of aliphatic hydroxyl groups is 1. The van der Waals surface area contributed by atoms with Gasteiger partial charge in [-0.3, -0.25) is 0 Å². The maximum atomic E-state index is 10.5. The van der Waals surface area contributed by atoms with Gasteiger partial charge in [0.15, 0.2) is 0 Å². The number of rotatable bonds is 17. The average Bonchev–Trinajstić information content (AvgIpc) is 2.93. The Morgan fingerprint density at radius 3 is 1.36 bits per heavy atom. The van der Waals surface area contributed by atoms with Gasteiger partial charge in [0.1, 0.15) is 18.3 Å². The zero-order valence-corrected chi connectivity index (χ0v) is 22.8. The van der Waals surface area contributed by atoms with Gasteiger partial charge in [-0.05, 0) is 28.2 Å². The number of aliphatic hydroxyl groups excluding tert-OH is 1. The van der Waals surface area contributed by atoms with Gasteiger partial charge in [0, 0.05) is 0 Å². The quantitative estimate of drug-likeness (QED) is 0.201. The van der Waals surface area contributed by atoms with Gasteiger partial charge in [-0.2, -0.15) is 0 Å². The van der Waals surface area contributed by atoms with E-state index in [-0.39, 0.29) is 17.3 Å². The van der Waals surface area contributed by atoms with Crippen molar-refractivity contribution in [3.05, 3.63) is 108 Å². The first-order valence-electron chi connectivity index (χ1n) is 12.6. The standard InChI is InChI=1S/C30H38O4S2/c1-3-35-30(36-4-2)29(34-23-26-18-12-7-13-19-26)28(33-22-25-16-10-6-11-17-25)27(20-31)32-21-24-14-8-5-9-15-24/h5-19,27-31H,3-4,20-23H2,1-2H3. The van der Waals surface area contributed by atoms with Crippen molar-refractivity contribution in [3.63, 3.8) is 0 Å². The smallest absolute Gasteiger partial charge is 0.114 e. The van der Waals surface area contributed by atoms with E-state index in [2.05, 4.69) is 38.1 Å². The Hall–Kier alpha value is -1.80. The lowest BCUT2D eigenvalue weighted by Gasteiger charge is -2.36. The molecule has 36 heavy (non-hydrogen) atoms. The van der Waals surface area contributed by atoms with Gasteiger partial charge < -0.3 is 19.3 Å². The molecule has 4 nitrogen and oxygen atoms in total. The molecule has 0 radical (unpaired) electrons. The van der Waals surface area contributed by atoms with Crippen LogP contribution < -0.4 is 0 Å². The third-order valence-corrected chi connectivity index (χ3v) is 8.35. The molecule has 3 aromatic rings. The van der Waals surface area contributed by atoms with Crippen LogP contribution in [0.25, 0.3) is 0 Å². The molecule has 0 aliphatic rings. The normalized spacial score (nSPS) is 14.0. The summed E-state index contributed by atoms with van der Waals surface area (Å²) < 4.78 is 19.6. The molecule has 0 fully saturated rings. The zero-order chi connectivity index (χ0) is 25.4. The highest BCUT2D eigenvalue weighted by Crippen LogP contribution is 2.33. The third-order valence-electron chi connectivity index (χ3n) is 5.68. The predicted octanol–water partition coefficient (Wildman–Crippen LogP) is 6.57. The van der Waals surface area contributed by atoms with Crippen LogP contribution in [0.4, 0.5) is 0 Å². The van der Waals surface area contributed by atoms with Gasteiger partial charge in [0.2, 0.25) is 0 Å². The Bertz CT molecular complexity index is 937. The summed E-state index contributed by atoms with van der Waals surface area (Å²) in [6.07, 6.45) is -1.27. The van der Waals surface area contributed by atoms with Crippen LogP contribution in [0.5, 0.6) is 0 Å². The molecular formula is C30H38O4S2. The van der Waals surface area contributed by atoms with Crippen LogP contribution in [0, 0.1) is 0 Å². The first kappa shape index (κ1) is 28.8. The second-order valence-corrected chi connectivity index (χ2v) is 11.5. The zero-order valence-electron chi connectivity index (χ0n) is 21.2. The summed E-state index contributed by atoms with van der Waals surface area (Å²) in [7, 11) is 0. The molecule has 6 heteroatoms. The van der Waals surface area contributed by atoms with Crippen LogP contribution in [0.1, 0.15) is 30.5 Å². The fourth-order valence-corrected chi connectivity index (χ4v) is 6.58. The van der Waals surface area contributed by atoms with Crippen molar-refractivity contribution >= 4 is 23.5 Å². The molecule has 0 heterocycles. The van der Waals surface area contributed by atoms with Crippen LogP contribution in [0.15, 0.2) is 91.0 Å². The van der Waals surface area contributed by atoms with E-state index in [9.17, 15) is 5.11 Å². The molecule has 3 unspecified atom stereocenters. The van der Waals surface area contributed by atoms with Crippen molar-refractivity contribution in [1.29, 1.82) is 0 Å². The summed E-state index contributed by atoms with van der Waals surface area (Å²) in [5.74, 6) is 1.92. The Morgan fingerprint density at radius 2 is 0.972 bits per heavy atom. The fourth-order valence-electron chi connectivity index (χ4n) is 3.87. The molecule has 3 rings (SSSR count). The van der Waals surface area contributed by atoms with Crippen molar-refractivity contribution in [2.75, 3.05) is 18.1 Å². The number of hydrogen-bond donors (Lipinski definition) is 1. The van der Waals surface area contributed by atoms with Crippen LogP contribution in [0.3, 0.4) is 0 Å². The number of ether oxygens (including phenoxy) is 3. The first-order valence-corrected chi connectivity index (χ1v) is 14.7. The Morgan fingerprint density at radius 1 is 0.583 bits per heavy atom. The number of hydrogen-bond acceptors (Lipinski definition) is 6. The van der Waals surface area contributed by atoms with Gasteiger partial charge in [0.25, 0.3) is 0 Å². The number of thioether (sulfide) groups is 2. The van der Waals surface area contributed by atoms with Crippen LogP contribution in [-0.2, 0) is 34.0 Å². The molecule has 3 atom stereocenters. The van der Waals surface area contributed by atoms with Crippen molar-refractivity contribution in [3.8, 4) is 0 Å². The summed E-state index contributed by atoms with van der Waals surface area (Å²) in [5, 5.41) is 10.5. The molecule has 194 valence electrons.